The molecular weight excluding hydrogens is 330 g/mol. The lowest BCUT2D eigenvalue weighted by molar-refractivity contribution is 0.850. The first kappa shape index (κ1) is 12.3. The zero-order chi connectivity index (χ0) is 13.4. The van der Waals surface area contributed by atoms with Crippen molar-refractivity contribution in [3.8, 4) is 11.5 Å². The van der Waals surface area contributed by atoms with E-state index in [0.717, 1.165) is 4.47 Å². The Morgan fingerprint density at radius 1 is 1.32 bits per heavy atom. The minimum atomic E-state index is 0.250. The molecule has 0 spiro atoms. The van der Waals surface area contributed by atoms with Crippen molar-refractivity contribution in [2.75, 3.05) is 12.0 Å². The van der Waals surface area contributed by atoms with Crippen LogP contribution in [0.1, 0.15) is 0 Å². The summed E-state index contributed by atoms with van der Waals surface area (Å²) in [5.41, 5.74) is 6.46. The first-order valence-corrected chi connectivity index (χ1v) is 7.26. The number of nitrogens with two attached hydrogens (primary N) is 1. The van der Waals surface area contributed by atoms with Crippen molar-refractivity contribution in [3.05, 3.63) is 22.8 Å². The Hall–Kier alpha value is -1.74. The number of rotatable bonds is 2. The molecule has 7 nitrogen and oxygen atoms in total. The minimum absolute atomic E-state index is 0.250. The molecule has 0 fully saturated rings. The van der Waals surface area contributed by atoms with E-state index in [2.05, 4.69) is 41.0 Å². The quantitative estimate of drug-likeness (QED) is 0.710. The number of fused-ring (bicyclic) bond motifs is 1. The number of thioether (sulfide) groups is 1. The smallest absolute Gasteiger partial charge is 0.258 e. The highest BCUT2D eigenvalue weighted by molar-refractivity contribution is 9.10. The summed E-state index contributed by atoms with van der Waals surface area (Å²) in [6, 6.07) is 3.69. The van der Waals surface area contributed by atoms with Crippen LogP contribution in [0, 0.1) is 0 Å². The Balaban J connectivity index is 2.22. The number of hydrogen-bond acceptors (Lipinski definition) is 7. The Morgan fingerprint density at radius 3 is 2.89 bits per heavy atom. The second kappa shape index (κ2) is 4.74. The summed E-state index contributed by atoms with van der Waals surface area (Å²) < 4.78 is 2.21. The predicted molar refractivity (Wildman–Crippen MR) is 75.7 cm³/mol. The number of pyridine rings is 1. The van der Waals surface area contributed by atoms with Gasteiger partial charge in [0.05, 0.1) is 0 Å². The number of anilines is 1. The van der Waals surface area contributed by atoms with Gasteiger partial charge in [-0.1, -0.05) is 11.8 Å². The summed E-state index contributed by atoms with van der Waals surface area (Å²) in [6.07, 6.45) is 3.55. The zero-order valence-electron chi connectivity index (χ0n) is 9.78. The van der Waals surface area contributed by atoms with E-state index in [1.165, 1.54) is 16.3 Å². The Morgan fingerprint density at radius 2 is 2.16 bits per heavy atom. The molecule has 19 heavy (non-hydrogen) atoms. The summed E-state index contributed by atoms with van der Waals surface area (Å²) in [6.45, 7) is 0. The molecule has 0 aromatic carbocycles. The topological polar surface area (TPSA) is 94.9 Å². The largest absolute Gasteiger partial charge is 0.368 e. The van der Waals surface area contributed by atoms with Crippen LogP contribution in [-0.4, -0.2) is 35.8 Å². The van der Waals surface area contributed by atoms with Crippen molar-refractivity contribution >= 4 is 39.4 Å². The summed E-state index contributed by atoms with van der Waals surface area (Å²) in [4.78, 5) is 16.9. The fourth-order valence-corrected chi connectivity index (χ4v) is 2.32. The minimum Gasteiger partial charge on any atom is -0.368 e. The van der Waals surface area contributed by atoms with Crippen LogP contribution in [0.25, 0.3) is 17.3 Å². The number of nitrogen functional groups attached to an aromatic ring is 1. The molecule has 0 aliphatic heterocycles. The molecule has 0 amide bonds. The van der Waals surface area contributed by atoms with Gasteiger partial charge in [-0.25, -0.2) is 0 Å². The fourth-order valence-electron chi connectivity index (χ4n) is 1.53. The van der Waals surface area contributed by atoms with Crippen molar-refractivity contribution in [1.29, 1.82) is 0 Å². The molecule has 0 saturated heterocycles. The number of halogens is 1. The van der Waals surface area contributed by atoms with Gasteiger partial charge in [0.1, 0.15) is 5.69 Å². The predicted octanol–water partition coefficient (Wildman–Crippen LogP) is 1.65. The van der Waals surface area contributed by atoms with Crippen molar-refractivity contribution in [2.45, 2.75) is 5.16 Å². The van der Waals surface area contributed by atoms with Crippen molar-refractivity contribution in [3.63, 3.8) is 0 Å². The summed E-state index contributed by atoms with van der Waals surface area (Å²) >= 11 is 4.81. The van der Waals surface area contributed by atoms with Gasteiger partial charge in [0, 0.05) is 10.7 Å². The van der Waals surface area contributed by atoms with E-state index < -0.39 is 0 Å². The third-order valence-electron chi connectivity index (χ3n) is 2.37. The van der Waals surface area contributed by atoms with Gasteiger partial charge in [-0.05, 0) is 34.3 Å². The molecule has 3 rings (SSSR count). The molecule has 0 unspecified atom stereocenters. The highest BCUT2D eigenvalue weighted by atomic mass is 79.9. The molecule has 3 heterocycles. The molecule has 96 valence electrons. The summed E-state index contributed by atoms with van der Waals surface area (Å²) in [5.74, 6) is 1.11. The fraction of sp³-hybridized carbons (Fsp3) is 0.100. The Labute approximate surface area is 120 Å². The number of aromatic nitrogens is 6. The van der Waals surface area contributed by atoms with E-state index in [1.807, 2.05) is 18.4 Å². The molecule has 0 radical (unpaired) electrons. The van der Waals surface area contributed by atoms with Gasteiger partial charge in [-0.2, -0.15) is 19.5 Å². The van der Waals surface area contributed by atoms with E-state index in [1.54, 1.807) is 6.20 Å². The van der Waals surface area contributed by atoms with Crippen molar-refractivity contribution in [1.82, 2.24) is 29.5 Å². The van der Waals surface area contributed by atoms with Crippen LogP contribution in [-0.2, 0) is 0 Å². The first-order valence-electron chi connectivity index (χ1n) is 5.24. The molecule has 0 atom stereocenters. The van der Waals surface area contributed by atoms with Crippen LogP contribution in [0.4, 0.5) is 5.95 Å². The monoisotopic (exact) mass is 337 g/mol. The van der Waals surface area contributed by atoms with Crippen molar-refractivity contribution in [2.24, 2.45) is 0 Å². The zero-order valence-corrected chi connectivity index (χ0v) is 12.2. The highest BCUT2D eigenvalue weighted by Crippen LogP contribution is 2.23. The third-order valence-corrected chi connectivity index (χ3v) is 3.55. The van der Waals surface area contributed by atoms with E-state index in [0.29, 0.717) is 22.5 Å². The van der Waals surface area contributed by atoms with Gasteiger partial charge in [0.2, 0.25) is 11.8 Å². The molecule has 0 aliphatic rings. The Bertz CT molecular complexity index is 757. The maximum Gasteiger partial charge on any atom is 0.258 e. The number of hydrogen-bond donors (Lipinski definition) is 1. The molecule has 0 saturated carbocycles. The average molecular weight is 338 g/mol. The Kier molecular flexibility index (Phi) is 3.07. The van der Waals surface area contributed by atoms with Gasteiger partial charge in [0.25, 0.3) is 5.78 Å². The third kappa shape index (κ3) is 2.15. The van der Waals surface area contributed by atoms with Crippen LogP contribution >= 0.6 is 27.7 Å². The van der Waals surface area contributed by atoms with E-state index in [9.17, 15) is 0 Å². The average Bonchev–Trinajstić information content (AvgIpc) is 2.83. The van der Waals surface area contributed by atoms with E-state index >= 15 is 0 Å². The van der Waals surface area contributed by atoms with Crippen LogP contribution in [0.2, 0.25) is 0 Å². The number of nitrogens with zero attached hydrogens (tertiary/aromatic N) is 6. The maximum absolute atomic E-state index is 5.83. The van der Waals surface area contributed by atoms with Crippen LogP contribution < -0.4 is 5.73 Å². The standard InChI is InChI=1S/C10H8BrN7S/c1-19-10-15-8(12)18-9(16-10)14-7(17-18)6-5(11)3-2-4-13-6/h2-4H,1H3,(H2,12,14,15,16,17). The maximum atomic E-state index is 5.83. The van der Waals surface area contributed by atoms with Gasteiger partial charge >= 0.3 is 0 Å². The molecule has 0 aliphatic carbocycles. The van der Waals surface area contributed by atoms with Crippen LogP contribution in [0.15, 0.2) is 28.0 Å². The lowest BCUT2D eigenvalue weighted by Gasteiger charge is -1.97. The summed E-state index contributed by atoms with van der Waals surface area (Å²) in [7, 11) is 0. The molecule has 9 heteroatoms. The van der Waals surface area contributed by atoms with Crippen LogP contribution in [0.3, 0.4) is 0 Å². The van der Waals surface area contributed by atoms with Gasteiger partial charge in [-0.3, -0.25) is 4.98 Å². The second-order valence-corrected chi connectivity index (χ2v) is 5.18. The lowest BCUT2D eigenvalue weighted by Crippen LogP contribution is -2.04. The van der Waals surface area contributed by atoms with Crippen molar-refractivity contribution < 1.29 is 0 Å². The van der Waals surface area contributed by atoms with E-state index in [4.69, 9.17) is 5.73 Å². The molecule has 3 aromatic rings. The molecule has 0 bridgehead atoms. The van der Waals surface area contributed by atoms with E-state index in [-0.39, 0.29) is 5.95 Å². The SMILES string of the molecule is CSc1nc(N)n2nc(-c3ncccc3Br)nc2n1. The second-order valence-electron chi connectivity index (χ2n) is 3.55. The molecular formula is C10H8BrN7S. The van der Waals surface area contributed by atoms with Gasteiger partial charge in [0.15, 0.2) is 5.16 Å². The molecule has 3 aromatic heterocycles. The van der Waals surface area contributed by atoms with Gasteiger partial charge < -0.3 is 5.73 Å². The summed E-state index contributed by atoms with van der Waals surface area (Å²) in [5, 5.41) is 4.83. The lowest BCUT2D eigenvalue weighted by atomic mass is 10.3. The highest BCUT2D eigenvalue weighted by Gasteiger charge is 2.14. The van der Waals surface area contributed by atoms with Gasteiger partial charge in [-0.15, -0.1) is 5.10 Å². The normalized spacial score (nSPS) is 11.1. The molecule has 2 N–H and O–H groups in total. The van der Waals surface area contributed by atoms with Crippen LogP contribution in [0.5, 0.6) is 0 Å². The first-order chi connectivity index (χ1) is 9.19.